The molecule has 2 N–H and O–H groups in total. The van der Waals surface area contributed by atoms with Crippen molar-refractivity contribution in [1.29, 1.82) is 0 Å². The summed E-state index contributed by atoms with van der Waals surface area (Å²) in [6.45, 7) is 1.83. The number of carboxylic acid groups (broad SMARTS) is 1. The Hall–Kier alpha value is -2.20. The first-order chi connectivity index (χ1) is 12.1. The van der Waals surface area contributed by atoms with E-state index in [0.717, 1.165) is 55.8 Å². The van der Waals surface area contributed by atoms with Gasteiger partial charge in [0, 0.05) is 13.0 Å². The number of allylic oxidation sites excluding steroid dienone is 5. The van der Waals surface area contributed by atoms with Crippen LogP contribution in [0.25, 0.3) is 0 Å². The van der Waals surface area contributed by atoms with Crippen molar-refractivity contribution in [3.8, 4) is 5.75 Å². The Kier molecular flexibility index (Phi) is 5.82. The third-order valence-electron chi connectivity index (χ3n) is 4.45. The lowest BCUT2D eigenvalue weighted by Gasteiger charge is -2.21. The van der Waals surface area contributed by atoms with E-state index < -0.39 is 5.97 Å². The summed E-state index contributed by atoms with van der Waals surface area (Å²) in [5.41, 5.74) is 3.80. The molecule has 0 saturated heterocycles. The van der Waals surface area contributed by atoms with Crippen LogP contribution in [-0.4, -0.2) is 24.2 Å². The Morgan fingerprint density at radius 2 is 2.04 bits per heavy atom. The summed E-state index contributed by atoms with van der Waals surface area (Å²) >= 11 is 5.89. The third kappa shape index (κ3) is 4.45. The van der Waals surface area contributed by atoms with E-state index in [1.165, 1.54) is 5.57 Å². The Bertz CT molecular complexity index is 724. The van der Waals surface area contributed by atoms with Crippen LogP contribution in [0.5, 0.6) is 5.75 Å². The summed E-state index contributed by atoms with van der Waals surface area (Å²) in [5, 5.41) is 12.6. The second kappa shape index (κ2) is 8.26. The number of carboxylic acids is 1. The molecule has 25 heavy (non-hydrogen) atoms. The second-order valence-electron chi connectivity index (χ2n) is 6.22. The SMILES string of the molecule is O=C(O)C1=C(Cl)C=C2CCCC=C2C1.c1ccc2c(c1)NCCCO2. The van der Waals surface area contributed by atoms with E-state index >= 15 is 0 Å². The summed E-state index contributed by atoms with van der Waals surface area (Å²) in [4.78, 5) is 10.8. The standard InChI is InChI=1S/C11H11ClO2.C9H11NO/c12-10-6-8-4-2-1-3-7(8)5-9(10)11(13)14;1-2-5-9-8(4-1)10-6-3-7-11-9/h3,6H,1-2,4-5H2,(H,13,14);1-2,4-5,10H,3,6-7H2. The van der Waals surface area contributed by atoms with Crippen LogP contribution in [0, 0.1) is 0 Å². The Morgan fingerprint density at radius 1 is 1.20 bits per heavy atom. The van der Waals surface area contributed by atoms with E-state index in [9.17, 15) is 4.79 Å². The average Bonchev–Trinajstić information content (AvgIpc) is 2.87. The lowest BCUT2D eigenvalue weighted by molar-refractivity contribution is -0.132. The molecule has 1 heterocycles. The molecule has 132 valence electrons. The first-order valence-corrected chi connectivity index (χ1v) is 9.00. The van der Waals surface area contributed by atoms with Gasteiger partial charge in [-0.1, -0.05) is 29.8 Å². The zero-order chi connectivity index (χ0) is 17.6. The van der Waals surface area contributed by atoms with E-state index in [2.05, 4.69) is 11.4 Å². The zero-order valence-electron chi connectivity index (χ0n) is 14.1. The molecule has 0 unspecified atom stereocenters. The van der Waals surface area contributed by atoms with Crippen LogP contribution in [0.15, 0.2) is 58.2 Å². The van der Waals surface area contributed by atoms with Crippen LogP contribution in [0.2, 0.25) is 0 Å². The van der Waals surface area contributed by atoms with Gasteiger partial charge in [0.15, 0.2) is 0 Å². The van der Waals surface area contributed by atoms with Gasteiger partial charge in [-0.15, -0.1) is 0 Å². The number of carbonyl (C=O) groups is 1. The number of benzene rings is 1. The maximum Gasteiger partial charge on any atom is 0.333 e. The molecule has 0 saturated carbocycles. The summed E-state index contributed by atoms with van der Waals surface area (Å²) in [6.07, 6.45) is 8.71. The van der Waals surface area contributed by atoms with Crippen LogP contribution in [0.1, 0.15) is 32.1 Å². The highest BCUT2D eigenvalue weighted by molar-refractivity contribution is 6.33. The van der Waals surface area contributed by atoms with E-state index in [0.29, 0.717) is 17.0 Å². The van der Waals surface area contributed by atoms with Crippen molar-refractivity contribution in [1.82, 2.24) is 0 Å². The average molecular weight is 360 g/mol. The maximum atomic E-state index is 10.8. The minimum Gasteiger partial charge on any atom is -0.491 e. The molecule has 5 heteroatoms. The smallest absolute Gasteiger partial charge is 0.333 e. The molecular formula is C20H22ClNO3. The highest BCUT2D eigenvalue weighted by atomic mass is 35.5. The van der Waals surface area contributed by atoms with Gasteiger partial charge in [0.1, 0.15) is 5.75 Å². The fourth-order valence-electron chi connectivity index (χ4n) is 3.12. The van der Waals surface area contributed by atoms with Crippen LogP contribution >= 0.6 is 11.6 Å². The zero-order valence-corrected chi connectivity index (χ0v) is 14.8. The molecule has 0 radical (unpaired) electrons. The Morgan fingerprint density at radius 3 is 2.88 bits per heavy atom. The van der Waals surface area contributed by atoms with Gasteiger partial charge in [-0.25, -0.2) is 4.79 Å². The van der Waals surface area contributed by atoms with Gasteiger partial charge < -0.3 is 15.2 Å². The molecule has 0 aromatic heterocycles. The quantitative estimate of drug-likeness (QED) is 0.749. The van der Waals surface area contributed by atoms with Gasteiger partial charge in [0.2, 0.25) is 0 Å². The number of anilines is 1. The molecule has 1 aromatic carbocycles. The number of halogens is 1. The first kappa shape index (κ1) is 17.6. The second-order valence-corrected chi connectivity index (χ2v) is 6.63. The van der Waals surface area contributed by atoms with E-state index in [1.807, 2.05) is 24.3 Å². The molecule has 0 fully saturated rings. The lowest BCUT2D eigenvalue weighted by atomic mass is 9.85. The molecular weight excluding hydrogens is 338 g/mol. The van der Waals surface area contributed by atoms with Crippen LogP contribution < -0.4 is 10.1 Å². The molecule has 1 aromatic rings. The number of nitrogens with one attached hydrogen (secondary N) is 1. The van der Waals surface area contributed by atoms with Crippen molar-refractivity contribution in [2.75, 3.05) is 18.5 Å². The van der Waals surface area contributed by atoms with Crippen molar-refractivity contribution in [3.05, 3.63) is 58.2 Å². The van der Waals surface area contributed by atoms with Gasteiger partial charge in [-0.2, -0.15) is 0 Å². The van der Waals surface area contributed by atoms with E-state index in [4.69, 9.17) is 21.4 Å². The minimum atomic E-state index is -0.906. The molecule has 0 spiro atoms. The Labute approximate surface area is 152 Å². The fourth-order valence-corrected chi connectivity index (χ4v) is 3.40. The monoisotopic (exact) mass is 359 g/mol. The van der Waals surface area contributed by atoms with Crippen molar-refractivity contribution >= 4 is 23.3 Å². The largest absolute Gasteiger partial charge is 0.491 e. The molecule has 3 aliphatic rings. The topological polar surface area (TPSA) is 58.6 Å². The van der Waals surface area contributed by atoms with Gasteiger partial charge in [0.05, 0.1) is 22.9 Å². The summed E-state index contributed by atoms with van der Waals surface area (Å²) in [5.74, 6) is 0.0711. The summed E-state index contributed by atoms with van der Waals surface area (Å²) in [6, 6.07) is 8.04. The number of para-hydroxylation sites is 2. The van der Waals surface area contributed by atoms with Gasteiger partial charge in [-0.05, 0) is 55.0 Å². The molecule has 0 amide bonds. The predicted octanol–water partition coefficient (Wildman–Crippen LogP) is 4.89. The molecule has 0 atom stereocenters. The van der Waals surface area contributed by atoms with Crippen molar-refractivity contribution in [2.45, 2.75) is 32.1 Å². The molecule has 0 bridgehead atoms. The number of fused-ring (bicyclic) bond motifs is 2. The highest BCUT2D eigenvalue weighted by Gasteiger charge is 2.22. The molecule has 2 aliphatic carbocycles. The number of hydrogen-bond donors (Lipinski definition) is 2. The van der Waals surface area contributed by atoms with Gasteiger partial charge in [-0.3, -0.25) is 0 Å². The summed E-state index contributed by atoms with van der Waals surface area (Å²) < 4.78 is 5.49. The number of hydrogen-bond acceptors (Lipinski definition) is 3. The highest BCUT2D eigenvalue weighted by Crippen LogP contribution is 2.36. The predicted molar refractivity (Wildman–Crippen MR) is 100 cm³/mol. The van der Waals surface area contributed by atoms with Gasteiger partial charge >= 0.3 is 5.97 Å². The van der Waals surface area contributed by atoms with Crippen LogP contribution in [0.4, 0.5) is 5.69 Å². The van der Waals surface area contributed by atoms with Crippen molar-refractivity contribution < 1.29 is 14.6 Å². The molecule has 1 aliphatic heterocycles. The maximum absolute atomic E-state index is 10.8. The van der Waals surface area contributed by atoms with E-state index in [1.54, 1.807) is 6.08 Å². The first-order valence-electron chi connectivity index (χ1n) is 8.63. The lowest BCUT2D eigenvalue weighted by Crippen LogP contribution is -2.10. The normalized spacial score (nSPS) is 18.8. The third-order valence-corrected chi connectivity index (χ3v) is 4.79. The summed E-state index contributed by atoms with van der Waals surface area (Å²) in [7, 11) is 0. The van der Waals surface area contributed by atoms with Crippen LogP contribution in [-0.2, 0) is 4.79 Å². The van der Waals surface area contributed by atoms with Crippen LogP contribution in [0.3, 0.4) is 0 Å². The van der Waals surface area contributed by atoms with E-state index in [-0.39, 0.29) is 0 Å². The molecule has 4 nitrogen and oxygen atoms in total. The van der Waals surface area contributed by atoms with Crippen molar-refractivity contribution in [2.24, 2.45) is 0 Å². The van der Waals surface area contributed by atoms with Gasteiger partial charge in [0.25, 0.3) is 0 Å². The Balaban J connectivity index is 0.000000150. The minimum absolute atomic E-state index is 0.323. The number of ether oxygens (including phenoxy) is 1. The number of rotatable bonds is 1. The molecule has 4 rings (SSSR count). The van der Waals surface area contributed by atoms with Crippen molar-refractivity contribution in [3.63, 3.8) is 0 Å². The number of aliphatic carboxylic acids is 1. The fraction of sp³-hybridized carbons (Fsp3) is 0.350.